The smallest absolute Gasteiger partial charge is 0.130 e. The van der Waals surface area contributed by atoms with E-state index >= 15 is 0 Å². The highest BCUT2D eigenvalue weighted by atomic mass is 19.1. The number of halogens is 2. The standard InChI is InChI=1S/C15H22F2N2O/c1-19(8-11-3-2-6-20-10-11)9-15(18)13-5-4-12(16)7-14(13)17/h4-5,7,11,15H,2-3,6,8-10,18H2,1H3. The first-order chi connectivity index (χ1) is 9.56. The lowest BCUT2D eigenvalue weighted by Crippen LogP contribution is -2.35. The highest BCUT2D eigenvalue weighted by molar-refractivity contribution is 5.22. The van der Waals surface area contributed by atoms with Crippen LogP contribution in [0, 0.1) is 17.6 Å². The quantitative estimate of drug-likeness (QED) is 0.902. The van der Waals surface area contributed by atoms with Crippen molar-refractivity contribution in [3.05, 3.63) is 35.4 Å². The zero-order valence-electron chi connectivity index (χ0n) is 11.8. The highest BCUT2D eigenvalue weighted by Gasteiger charge is 2.19. The molecular formula is C15H22F2N2O. The van der Waals surface area contributed by atoms with Gasteiger partial charge in [0, 0.05) is 37.4 Å². The number of rotatable bonds is 5. The second-order valence-corrected chi connectivity index (χ2v) is 5.58. The number of ether oxygens (including phenoxy) is 1. The molecule has 0 bridgehead atoms. The van der Waals surface area contributed by atoms with Crippen LogP contribution in [-0.4, -0.2) is 38.3 Å². The summed E-state index contributed by atoms with van der Waals surface area (Å²) < 4.78 is 32.0. The molecule has 5 heteroatoms. The molecule has 0 aromatic heterocycles. The fourth-order valence-electron chi connectivity index (χ4n) is 2.70. The Balaban J connectivity index is 1.87. The summed E-state index contributed by atoms with van der Waals surface area (Å²) in [5.74, 6) is -0.642. The number of nitrogens with two attached hydrogens (primary N) is 1. The van der Waals surface area contributed by atoms with Crippen LogP contribution in [0.1, 0.15) is 24.4 Å². The number of likely N-dealkylation sites (N-methyl/N-ethyl adjacent to an activating group) is 1. The predicted molar refractivity (Wildman–Crippen MR) is 74.3 cm³/mol. The van der Waals surface area contributed by atoms with Gasteiger partial charge in [0.05, 0.1) is 6.61 Å². The van der Waals surface area contributed by atoms with Gasteiger partial charge in [0.25, 0.3) is 0 Å². The van der Waals surface area contributed by atoms with Gasteiger partial charge in [0.15, 0.2) is 0 Å². The molecule has 2 N–H and O–H groups in total. The van der Waals surface area contributed by atoms with Crippen LogP contribution in [0.2, 0.25) is 0 Å². The molecule has 1 heterocycles. The summed E-state index contributed by atoms with van der Waals surface area (Å²) in [6, 6.07) is 3.09. The molecule has 1 aromatic rings. The van der Waals surface area contributed by atoms with Gasteiger partial charge in [-0.15, -0.1) is 0 Å². The summed E-state index contributed by atoms with van der Waals surface area (Å²) in [5.41, 5.74) is 6.38. The van der Waals surface area contributed by atoms with Crippen LogP contribution in [0.15, 0.2) is 18.2 Å². The second-order valence-electron chi connectivity index (χ2n) is 5.58. The van der Waals surface area contributed by atoms with Crippen molar-refractivity contribution in [2.24, 2.45) is 11.7 Å². The molecule has 2 unspecified atom stereocenters. The van der Waals surface area contributed by atoms with E-state index in [0.717, 1.165) is 38.7 Å². The molecule has 0 aliphatic carbocycles. The van der Waals surface area contributed by atoms with Crippen LogP contribution >= 0.6 is 0 Å². The Hall–Kier alpha value is -1.04. The third-order valence-electron chi connectivity index (χ3n) is 3.69. The molecule has 0 radical (unpaired) electrons. The van der Waals surface area contributed by atoms with Gasteiger partial charge in [-0.05, 0) is 31.9 Å². The highest BCUT2D eigenvalue weighted by Crippen LogP contribution is 2.19. The van der Waals surface area contributed by atoms with Crippen LogP contribution in [0.3, 0.4) is 0 Å². The third kappa shape index (κ3) is 4.23. The molecule has 0 amide bonds. The van der Waals surface area contributed by atoms with Crippen LogP contribution in [0.25, 0.3) is 0 Å². The fourth-order valence-corrected chi connectivity index (χ4v) is 2.70. The molecule has 1 aliphatic rings. The average molecular weight is 284 g/mol. The van der Waals surface area contributed by atoms with Crippen molar-refractivity contribution in [3.63, 3.8) is 0 Å². The molecule has 0 saturated carbocycles. The predicted octanol–water partition coefficient (Wildman–Crippen LogP) is 2.32. The maximum absolute atomic E-state index is 13.7. The Bertz CT molecular complexity index is 436. The van der Waals surface area contributed by atoms with Crippen molar-refractivity contribution >= 4 is 0 Å². The van der Waals surface area contributed by atoms with E-state index in [-0.39, 0.29) is 0 Å². The monoisotopic (exact) mass is 284 g/mol. The summed E-state index contributed by atoms with van der Waals surface area (Å²) in [7, 11) is 1.97. The van der Waals surface area contributed by atoms with E-state index in [1.54, 1.807) is 0 Å². The molecule has 1 aromatic carbocycles. The first kappa shape index (κ1) is 15.4. The molecule has 1 saturated heterocycles. The minimum atomic E-state index is -0.578. The largest absolute Gasteiger partial charge is 0.381 e. The van der Waals surface area contributed by atoms with Gasteiger partial charge in [-0.2, -0.15) is 0 Å². The van der Waals surface area contributed by atoms with Crippen molar-refractivity contribution in [2.45, 2.75) is 18.9 Å². The second kappa shape index (κ2) is 7.11. The van der Waals surface area contributed by atoms with Crippen LogP contribution in [0.5, 0.6) is 0 Å². The van der Waals surface area contributed by atoms with Crippen molar-refractivity contribution in [3.8, 4) is 0 Å². The molecule has 2 rings (SSSR count). The molecule has 0 spiro atoms. The number of hydrogen-bond acceptors (Lipinski definition) is 3. The molecule has 1 aliphatic heterocycles. The summed E-state index contributed by atoms with van der Waals surface area (Å²) in [4.78, 5) is 2.09. The lowest BCUT2D eigenvalue weighted by Gasteiger charge is -2.28. The van der Waals surface area contributed by atoms with E-state index in [1.165, 1.54) is 12.1 Å². The summed E-state index contributed by atoms with van der Waals surface area (Å²) in [6.07, 6.45) is 2.25. The Morgan fingerprint density at radius 1 is 1.45 bits per heavy atom. The van der Waals surface area contributed by atoms with E-state index in [2.05, 4.69) is 4.90 Å². The van der Waals surface area contributed by atoms with Crippen molar-refractivity contribution in [1.29, 1.82) is 0 Å². The Labute approximate surface area is 118 Å². The Morgan fingerprint density at radius 2 is 2.25 bits per heavy atom. The van der Waals surface area contributed by atoms with Gasteiger partial charge in [-0.25, -0.2) is 8.78 Å². The SMILES string of the molecule is CN(CC1CCCOC1)CC(N)c1ccc(F)cc1F. The van der Waals surface area contributed by atoms with E-state index < -0.39 is 17.7 Å². The minimum Gasteiger partial charge on any atom is -0.381 e. The molecule has 2 atom stereocenters. The van der Waals surface area contributed by atoms with E-state index in [0.29, 0.717) is 18.0 Å². The van der Waals surface area contributed by atoms with Crippen LogP contribution < -0.4 is 5.73 Å². The van der Waals surface area contributed by atoms with Gasteiger partial charge in [-0.3, -0.25) is 0 Å². The third-order valence-corrected chi connectivity index (χ3v) is 3.69. The van der Waals surface area contributed by atoms with E-state index in [9.17, 15) is 8.78 Å². The number of hydrogen-bond donors (Lipinski definition) is 1. The van der Waals surface area contributed by atoms with Crippen molar-refractivity contribution in [2.75, 3.05) is 33.4 Å². The first-order valence-electron chi connectivity index (χ1n) is 7.03. The maximum atomic E-state index is 13.7. The van der Waals surface area contributed by atoms with Gasteiger partial charge < -0.3 is 15.4 Å². The minimum absolute atomic E-state index is 0.359. The van der Waals surface area contributed by atoms with Crippen molar-refractivity contribution in [1.82, 2.24) is 4.90 Å². The molecular weight excluding hydrogens is 262 g/mol. The van der Waals surface area contributed by atoms with Gasteiger partial charge in [0.1, 0.15) is 11.6 Å². The molecule has 1 fully saturated rings. The first-order valence-corrected chi connectivity index (χ1v) is 7.03. The maximum Gasteiger partial charge on any atom is 0.130 e. The molecule has 112 valence electrons. The van der Waals surface area contributed by atoms with Gasteiger partial charge >= 0.3 is 0 Å². The average Bonchev–Trinajstić information content (AvgIpc) is 2.39. The number of benzene rings is 1. The lowest BCUT2D eigenvalue weighted by molar-refractivity contribution is 0.0414. The Morgan fingerprint density at radius 3 is 2.90 bits per heavy atom. The summed E-state index contributed by atoms with van der Waals surface area (Å²) in [5, 5.41) is 0. The van der Waals surface area contributed by atoms with E-state index in [4.69, 9.17) is 10.5 Å². The lowest BCUT2D eigenvalue weighted by atomic mass is 10.0. The zero-order chi connectivity index (χ0) is 14.5. The normalized spacial score (nSPS) is 21.1. The number of nitrogens with zero attached hydrogens (tertiary/aromatic N) is 1. The van der Waals surface area contributed by atoms with Gasteiger partial charge in [-0.1, -0.05) is 6.07 Å². The fraction of sp³-hybridized carbons (Fsp3) is 0.600. The molecule has 3 nitrogen and oxygen atoms in total. The summed E-state index contributed by atoms with van der Waals surface area (Å²) in [6.45, 7) is 3.06. The topological polar surface area (TPSA) is 38.5 Å². The van der Waals surface area contributed by atoms with Crippen LogP contribution in [0.4, 0.5) is 8.78 Å². The van der Waals surface area contributed by atoms with E-state index in [1.807, 2.05) is 7.05 Å². The van der Waals surface area contributed by atoms with Crippen molar-refractivity contribution < 1.29 is 13.5 Å². The van der Waals surface area contributed by atoms with Gasteiger partial charge in [0.2, 0.25) is 0 Å². The summed E-state index contributed by atoms with van der Waals surface area (Å²) >= 11 is 0. The molecule has 20 heavy (non-hydrogen) atoms. The van der Waals surface area contributed by atoms with Crippen LogP contribution in [-0.2, 0) is 4.74 Å². The zero-order valence-corrected chi connectivity index (χ0v) is 11.8. The Kier molecular flexibility index (Phi) is 5.46.